The van der Waals surface area contributed by atoms with Crippen molar-refractivity contribution < 1.29 is 32.1 Å². The highest BCUT2D eigenvalue weighted by molar-refractivity contribution is 6.30. The Morgan fingerprint density at radius 3 is 2.69 bits per heavy atom. The third-order valence-corrected chi connectivity index (χ3v) is 5.57. The molecule has 3 amide bonds. The lowest BCUT2D eigenvalue weighted by Crippen LogP contribution is -2.52. The van der Waals surface area contributed by atoms with Crippen molar-refractivity contribution in [2.45, 2.75) is 44.1 Å². The van der Waals surface area contributed by atoms with E-state index in [0.29, 0.717) is 5.56 Å². The number of carbonyl (C=O) groups excluding carboxylic acids is 4. The van der Waals surface area contributed by atoms with E-state index in [1.165, 1.54) is 30.3 Å². The molecule has 0 bridgehead atoms. The number of nitrogens with one attached hydrogen (secondary N) is 1. The number of ketones is 1. The van der Waals surface area contributed by atoms with Gasteiger partial charge in [-0.15, -0.1) is 0 Å². The van der Waals surface area contributed by atoms with Crippen LogP contribution in [-0.4, -0.2) is 34.4 Å². The Balaban J connectivity index is 1.52. The van der Waals surface area contributed by atoms with Crippen molar-refractivity contribution in [3.05, 3.63) is 69.7 Å². The molecular formula is C23H19ClF2N2O4. The average Bonchev–Trinajstić information content (AvgIpc) is 3.14. The summed E-state index contributed by atoms with van der Waals surface area (Å²) >= 11 is 5.71. The summed E-state index contributed by atoms with van der Waals surface area (Å²) < 4.78 is 53.7. The summed E-state index contributed by atoms with van der Waals surface area (Å²) in [6.45, 7) is -0.207. The molecule has 2 aliphatic heterocycles. The molecule has 0 radical (unpaired) electrons. The Bertz CT molecular complexity index is 1240. The Hall–Kier alpha value is -3.13. The van der Waals surface area contributed by atoms with E-state index in [0.717, 1.165) is 17.0 Å². The summed E-state index contributed by atoms with van der Waals surface area (Å²) in [7, 11) is 0. The first-order valence-corrected chi connectivity index (χ1v) is 10.0. The number of imide groups is 1. The fourth-order valence-corrected chi connectivity index (χ4v) is 3.72. The van der Waals surface area contributed by atoms with Gasteiger partial charge in [0.25, 0.3) is 5.91 Å². The molecule has 2 heterocycles. The average molecular weight is 464 g/mol. The van der Waals surface area contributed by atoms with E-state index in [2.05, 4.69) is 0 Å². The maximum absolute atomic E-state index is 14.6. The lowest BCUT2D eigenvalue weighted by atomic mass is 9.97. The Morgan fingerprint density at radius 1 is 1.25 bits per heavy atom. The molecule has 2 aliphatic rings. The standard InChI is InChI=1S/C23H19ClF2N2O4/c24-16-5-3-15(4-6-16)23(25,26)19(29)9-2-13-1-7-17-14(11-13)12-28(22(17)32)18-8-10-20(30)27-21(18)31/h1,3-7,11,18H,2,8-10,12H2,(H,27,30,31)/t18-/m1/s1/i2D,10D,18D/t2?,10?,18-. The smallest absolute Gasteiger partial charge is 0.322 e. The number of hydrogen-bond donors (Lipinski definition) is 1. The summed E-state index contributed by atoms with van der Waals surface area (Å²) in [5, 5.41) is 2.17. The third kappa shape index (κ3) is 4.14. The molecule has 1 saturated heterocycles. The van der Waals surface area contributed by atoms with Gasteiger partial charge in [-0.2, -0.15) is 8.78 Å². The van der Waals surface area contributed by atoms with Gasteiger partial charge in [-0.1, -0.05) is 35.9 Å². The van der Waals surface area contributed by atoms with Crippen LogP contribution in [0.15, 0.2) is 42.5 Å². The summed E-state index contributed by atoms with van der Waals surface area (Å²) in [6, 6.07) is 6.51. The second-order valence-electron chi connectivity index (χ2n) is 7.39. The van der Waals surface area contributed by atoms with Gasteiger partial charge in [0, 0.05) is 38.3 Å². The molecule has 4 rings (SSSR count). The number of amides is 3. The van der Waals surface area contributed by atoms with Gasteiger partial charge < -0.3 is 4.90 Å². The number of rotatable bonds is 6. The van der Waals surface area contributed by atoms with Crippen LogP contribution in [0.5, 0.6) is 0 Å². The van der Waals surface area contributed by atoms with Crippen molar-refractivity contribution in [3.63, 3.8) is 0 Å². The number of nitrogens with zero attached hydrogens (tertiary/aromatic N) is 1. The first-order chi connectivity index (χ1) is 16.3. The predicted octanol–water partition coefficient (Wildman–Crippen LogP) is 3.39. The largest absolute Gasteiger partial charge is 0.330 e. The normalized spacial score (nSPS) is 25.5. The van der Waals surface area contributed by atoms with Gasteiger partial charge in [-0.05, 0) is 42.1 Å². The first kappa shape index (κ1) is 18.4. The van der Waals surface area contributed by atoms with Crippen LogP contribution in [0.25, 0.3) is 0 Å². The number of carbonyl (C=O) groups is 4. The van der Waals surface area contributed by atoms with Crippen molar-refractivity contribution >= 4 is 35.1 Å². The van der Waals surface area contributed by atoms with Crippen LogP contribution >= 0.6 is 11.6 Å². The van der Waals surface area contributed by atoms with E-state index < -0.39 is 66.6 Å². The zero-order valence-electron chi connectivity index (χ0n) is 19.5. The zero-order chi connectivity index (χ0) is 25.7. The van der Waals surface area contributed by atoms with Gasteiger partial charge in [0.1, 0.15) is 6.02 Å². The van der Waals surface area contributed by atoms with Crippen molar-refractivity contribution in [2.75, 3.05) is 0 Å². The molecule has 166 valence electrons. The molecule has 0 aromatic heterocycles. The third-order valence-electron chi connectivity index (χ3n) is 5.32. The molecule has 2 aromatic rings. The van der Waals surface area contributed by atoms with Crippen molar-refractivity contribution in [3.8, 4) is 0 Å². The molecule has 0 aliphatic carbocycles. The van der Waals surface area contributed by atoms with E-state index in [4.69, 9.17) is 15.7 Å². The van der Waals surface area contributed by atoms with E-state index in [-0.39, 0.29) is 22.7 Å². The molecular weight excluding hydrogens is 442 g/mol. The number of halogens is 3. The second kappa shape index (κ2) is 8.43. The van der Waals surface area contributed by atoms with Gasteiger partial charge in [0.05, 0.1) is 1.37 Å². The highest BCUT2D eigenvalue weighted by Gasteiger charge is 2.41. The molecule has 6 nitrogen and oxygen atoms in total. The van der Waals surface area contributed by atoms with Gasteiger partial charge in [-0.3, -0.25) is 24.5 Å². The van der Waals surface area contributed by atoms with Crippen LogP contribution in [-0.2, 0) is 33.2 Å². The molecule has 9 heteroatoms. The van der Waals surface area contributed by atoms with Gasteiger partial charge in [0.15, 0.2) is 0 Å². The predicted molar refractivity (Wildman–Crippen MR) is 111 cm³/mol. The van der Waals surface area contributed by atoms with Crippen LogP contribution in [0, 0.1) is 0 Å². The van der Waals surface area contributed by atoms with Crippen LogP contribution < -0.4 is 5.32 Å². The molecule has 0 spiro atoms. The highest BCUT2D eigenvalue weighted by atomic mass is 35.5. The van der Waals surface area contributed by atoms with Crippen LogP contribution in [0.1, 0.15) is 50.4 Å². The minimum absolute atomic E-state index is 0.150. The van der Waals surface area contributed by atoms with Gasteiger partial charge >= 0.3 is 5.92 Å². The first-order valence-electron chi connectivity index (χ1n) is 11.3. The van der Waals surface area contributed by atoms with Crippen LogP contribution in [0.4, 0.5) is 8.78 Å². The number of piperidine rings is 1. The lowest BCUT2D eigenvalue weighted by Gasteiger charge is -2.29. The van der Waals surface area contributed by atoms with Gasteiger partial charge in [-0.25, -0.2) is 0 Å². The number of aryl methyl sites for hydroxylation is 1. The van der Waals surface area contributed by atoms with E-state index in [1.807, 2.05) is 5.32 Å². The summed E-state index contributed by atoms with van der Waals surface area (Å²) in [5.41, 5.74) is 0.169. The van der Waals surface area contributed by atoms with E-state index in [9.17, 15) is 28.0 Å². The molecule has 3 atom stereocenters. The Morgan fingerprint density at radius 2 is 1.97 bits per heavy atom. The fourth-order valence-electron chi connectivity index (χ4n) is 3.59. The van der Waals surface area contributed by atoms with Crippen molar-refractivity contribution in [1.82, 2.24) is 10.2 Å². The fraction of sp³-hybridized carbons (Fsp3) is 0.304. The monoisotopic (exact) mass is 463 g/mol. The Kier molecular flexibility index (Phi) is 4.86. The SMILES string of the molecule is [2H]C1C[C@@]([2H])(N2Cc3cc(C([2H])CC(=O)C(F)(F)c4ccc(Cl)cc4)ccc3C2=O)C(=O)NC1=O. The second-order valence-corrected chi connectivity index (χ2v) is 7.83. The zero-order valence-corrected chi connectivity index (χ0v) is 17.3. The number of benzene rings is 2. The Labute approximate surface area is 191 Å². The van der Waals surface area contributed by atoms with Gasteiger partial charge in [0.2, 0.25) is 17.6 Å². The number of hydrogen-bond acceptors (Lipinski definition) is 4. The van der Waals surface area contributed by atoms with Crippen molar-refractivity contribution in [2.24, 2.45) is 0 Å². The topological polar surface area (TPSA) is 83.6 Å². The summed E-state index contributed by atoms with van der Waals surface area (Å²) in [5.74, 6) is -7.79. The van der Waals surface area contributed by atoms with Crippen LogP contribution in [0.2, 0.25) is 5.02 Å². The lowest BCUT2D eigenvalue weighted by molar-refractivity contribution is -0.144. The maximum atomic E-state index is 14.6. The van der Waals surface area contributed by atoms with E-state index in [1.54, 1.807) is 0 Å². The van der Waals surface area contributed by atoms with Crippen LogP contribution in [0.3, 0.4) is 0 Å². The quantitative estimate of drug-likeness (QED) is 0.665. The molecule has 0 saturated carbocycles. The molecule has 1 fully saturated rings. The summed E-state index contributed by atoms with van der Waals surface area (Å²) in [4.78, 5) is 50.1. The number of Topliss-reactive ketones (excluding diaryl/α,β-unsaturated/α-hetero) is 1. The molecule has 32 heavy (non-hydrogen) atoms. The molecule has 2 aromatic carbocycles. The van der Waals surface area contributed by atoms with Crippen molar-refractivity contribution in [1.29, 1.82) is 0 Å². The maximum Gasteiger partial charge on any atom is 0.330 e. The highest BCUT2D eigenvalue weighted by Crippen LogP contribution is 2.32. The minimum Gasteiger partial charge on any atom is -0.322 e. The number of fused-ring (bicyclic) bond motifs is 1. The molecule has 2 unspecified atom stereocenters. The summed E-state index contributed by atoms with van der Waals surface area (Å²) in [6.07, 6.45) is -4.05. The van der Waals surface area contributed by atoms with E-state index >= 15 is 0 Å². The molecule has 1 N–H and O–H groups in total. The number of alkyl halides is 2. The minimum atomic E-state index is -3.82.